The van der Waals surface area contributed by atoms with Gasteiger partial charge in [-0.1, -0.05) is 31.5 Å². The molecule has 1 heterocycles. The number of carbonyl (C=O) groups is 3. The van der Waals surface area contributed by atoms with E-state index in [2.05, 4.69) is 15.1 Å². The molecule has 0 aliphatic heterocycles. The number of carboxylic acids is 1. The number of aromatic nitrogens is 2. The molecule has 0 aliphatic carbocycles. The van der Waals surface area contributed by atoms with Gasteiger partial charge in [-0.15, -0.1) is 0 Å². The molecule has 40 heavy (non-hydrogen) atoms. The third-order valence-electron chi connectivity index (χ3n) is 6.10. The Bertz CT molecular complexity index is 1350. The maximum absolute atomic E-state index is 13.1. The summed E-state index contributed by atoms with van der Waals surface area (Å²) in [5, 5.41) is 10.1. The number of esters is 1. The summed E-state index contributed by atoms with van der Waals surface area (Å²) < 4.78 is 51.2. The van der Waals surface area contributed by atoms with E-state index < -0.39 is 29.6 Å². The van der Waals surface area contributed by atoms with Crippen LogP contribution in [0.1, 0.15) is 71.2 Å². The zero-order chi connectivity index (χ0) is 29.4. The average molecular weight is 562 g/mol. The maximum Gasteiger partial charge on any atom is 0.416 e. The molecule has 12 heteroatoms. The summed E-state index contributed by atoms with van der Waals surface area (Å²) in [6.07, 6.45) is -0.824. The minimum absolute atomic E-state index is 0.000879. The predicted octanol–water partition coefficient (Wildman–Crippen LogP) is 4.96. The molecular formula is C28H30F3N3O6. The summed E-state index contributed by atoms with van der Waals surface area (Å²) in [4.78, 5) is 40.4. The topological polar surface area (TPSA) is 120 Å². The normalized spacial score (nSPS) is 12.1. The highest BCUT2D eigenvalue weighted by molar-refractivity contribution is 5.91. The number of hydrogen-bond donors (Lipinski definition) is 2. The smallest absolute Gasteiger partial charge is 0.416 e. The van der Waals surface area contributed by atoms with Crippen molar-refractivity contribution >= 4 is 17.7 Å². The molecule has 0 spiro atoms. The van der Waals surface area contributed by atoms with Gasteiger partial charge in [-0.3, -0.25) is 9.59 Å². The quantitative estimate of drug-likeness (QED) is 0.281. The number of ketones is 1. The van der Waals surface area contributed by atoms with Crippen molar-refractivity contribution in [2.75, 3.05) is 19.1 Å². The number of aliphatic carboxylic acids is 1. The molecule has 0 bridgehead atoms. The lowest BCUT2D eigenvalue weighted by atomic mass is 9.96. The van der Waals surface area contributed by atoms with Gasteiger partial charge in [0, 0.05) is 12.0 Å². The van der Waals surface area contributed by atoms with Gasteiger partial charge in [0.1, 0.15) is 29.9 Å². The molecule has 0 saturated carbocycles. The first kappa shape index (κ1) is 30.2. The molecule has 3 rings (SSSR count). The number of Topliss-reactive ketones (excluding diaryl/α,β-unsaturated/α-hetero) is 1. The summed E-state index contributed by atoms with van der Waals surface area (Å²) in [7, 11) is 1.07. The number of alkyl halides is 3. The monoisotopic (exact) mass is 561 g/mol. The average Bonchev–Trinajstić information content (AvgIpc) is 3.30. The van der Waals surface area contributed by atoms with Crippen LogP contribution in [0.5, 0.6) is 5.75 Å². The van der Waals surface area contributed by atoms with Crippen molar-refractivity contribution in [1.82, 2.24) is 9.66 Å². The van der Waals surface area contributed by atoms with Gasteiger partial charge in [-0.05, 0) is 43.2 Å². The number of methoxy groups -OCH3 is 1. The fourth-order valence-electron chi connectivity index (χ4n) is 4.03. The second-order valence-electron chi connectivity index (χ2n) is 9.07. The van der Waals surface area contributed by atoms with Crippen LogP contribution in [0, 0.1) is 0 Å². The Labute approximate surface area is 228 Å². The van der Waals surface area contributed by atoms with Crippen LogP contribution in [0.3, 0.4) is 0 Å². The molecule has 3 aromatic rings. The molecule has 2 N–H and O–H groups in total. The fourth-order valence-corrected chi connectivity index (χ4v) is 4.03. The second kappa shape index (κ2) is 13.1. The van der Waals surface area contributed by atoms with E-state index in [1.54, 1.807) is 16.8 Å². The van der Waals surface area contributed by atoms with Crippen molar-refractivity contribution in [2.45, 2.75) is 51.8 Å². The van der Waals surface area contributed by atoms with E-state index in [0.717, 1.165) is 32.1 Å². The summed E-state index contributed by atoms with van der Waals surface area (Å²) in [6, 6.07) is 8.86. The summed E-state index contributed by atoms with van der Waals surface area (Å²) in [6.45, 7) is 3.21. The molecule has 0 saturated heterocycles. The number of aryl methyl sites for hydroxylation is 1. The van der Waals surface area contributed by atoms with Gasteiger partial charge in [-0.2, -0.15) is 13.2 Å². The van der Waals surface area contributed by atoms with Crippen LogP contribution < -0.4 is 10.2 Å². The number of nitrogens with zero attached hydrogens (tertiary/aromatic N) is 2. The van der Waals surface area contributed by atoms with Crippen molar-refractivity contribution in [1.29, 1.82) is 0 Å². The maximum atomic E-state index is 13.1. The number of ether oxygens (including phenoxy) is 2. The lowest BCUT2D eigenvalue weighted by Gasteiger charge is -2.19. The Kier molecular flexibility index (Phi) is 9.92. The van der Waals surface area contributed by atoms with Crippen molar-refractivity contribution in [2.24, 2.45) is 0 Å². The van der Waals surface area contributed by atoms with Gasteiger partial charge in [0.25, 0.3) is 0 Å². The number of halogens is 3. The Balaban J connectivity index is 1.85. The number of nitrogens with one attached hydrogen (secondary N) is 1. The van der Waals surface area contributed by atoms with Crippen LogP contribution in [0.4, 0.5) is 13.2 Å². The number of hydrogen-bond acceptors (Lipinski definition) is 7. The van der Waals surface area contributed by atoms with Gasteiger partial charge in [0.15, 0.2) is 0 Å². The predicted molar refractivity (Wildman–Crippen MR) is 139 cm³/mol. The van der Waals surface area contributed by atoms with Crippen molar-refractivity contribution < 1.29 is 42.1 Å². The van der Waals surface area contributed by atoms with Crippen LogP contribution >= 0.6 is 0 Å². The van der Waals surface area contributed by atoms with Crippen LogP contribution in [-0.4, -0.2) is 46.1 Å². The number of carbonyl (C=O) groups excluding carboxylic acids is 2. The molecule has 2 aromatic carbocycles. The number of rotatable bonds is 13. The third kappa shape index (κ3) is 7.39. The lowest BCUT2D eigenvalue weighted by Crippen LogP contribution is -2.27. The molecular weight excluding hydrogens is 531 g/mol. The van der Waals surface area contributed by atoms with E-state index in [0.29, 0.717) is 35.3 Å². The first-order chi connectivity index (χ1) is 19.0. The van der Waals surface area contributed by atoms with Crippen LogP contribution in [0.15, 0.2) is 48.7 Å². The Hall–Kier alpha value is -4.35. The van der Waals surface area contributed by atoms with E-state index in [1.807, 2.05) is 6.92 Å². The Morgan fingerprint density at radius 1 is 1.12 bits per heavy atom. The van der Waals surface area contributed by atoms with E-state index in [9.17, 15) is 32.7 Å². The minimum atomic E-state index is -4.63. The molecule has 9 nitrogen and oxygen atoms in total. The molecule has 1 aromatic heterocycles. The Morgan fingerprint density at radius 2 is 1.82 bits per heavy atom. The molecule has 1 unspecified atom stereocenters. The first-order valence-electron chi connectivity index (χ1n) is 12.5. The van der Waals surface area contributed by atoms with E-state index in [-0.39, 0.29) is 30.1 Å². The molecule has 0 fully saturated rings. The third-order valence-corrected chi connectivity index (χ3v) is 6.10. The summed E-state index contributed by atoms with van der Waals surface area (Å²) >= 11 is 0. The molecule has 0 amide bonds. The van der Waals surface area contributed by atoms with Gasteiger partial charge < -0.3 is 20.0 Å². The highest BCUT2D eigenvalue weighted by Gasteiger charge is 2.32. The Morgan fingerprint density at radius 3 is 2.40 bits per heavy atom. The zero-order valence-corrected chi connectivity index (χ0v) is 22.2. The van der Waals surface area contributed by atoms with Crippen molar-refractivity contribution in [3.8, 4) is 5.75 Å². The van der Waals surface area contributed by atoms with Gasteiger partial charge in [0.05, 0.1) is 36.7 Å². The number of imidazole rings is 1. The minimum Gasteiger partial charge on any atom is -0.489 e. The second-order valence-corrected chi connectivity index (χ2v) is 9.07. The highest BCUT2D eigenvalue weighted by Crippen LogP contribution is 2.32. The van der Waals surface area contributed by atoms with Crippen molar-refractivity contribution in [3.05, 3.63) is 82.4 Å². The van der Waals surface area contributed by atoms with E-state index >= 15 is 0 Å². The number of benzene rings is 2. The molecule has 0 aliphatic rings. The molecule has 0 radical (unpaired) electrons. The molecule has 1 atom stereocenters. The lowest BCUT2D eigenvalue weighted by molar-refractivity contribution is -0.138. The van der Waals surface area contributed by atoms with Gasteiger partial charge >= 0.3 is 18.1 Å². The SMILES string of the molecule is CCCCc1ncc(C(C(=O)O)c2ccc(OCc3ccc(C(F)(F)F)cc3C(=O)OC)cc2)n1NCC(C)=O. The largest absolute Gasteiger partial charge is 0.489 e. The fraction of sp³-hybridized carbons (Fsp3) is 0.357. The summed E-state index contributed by atoms with van der Waals surface area (Å²) in [5.41, 5.74) is 2.65. The van der Waals surface area contributed by atoms with Crippen molar-refractivity contribution in [3.63, 3.8) is 0 Å². The van der Waals surface area contributed by atoms with Crippen LogP contribution in [-0.2, 0) is 33.5 Å². The van der Waals surface area contributed by atoms with Crippen LogP contribution in [0.25, 0.3) is 0 Å². The van der Waals surface area contributed by atoms with E-state index in [1.165, 1.54) is 25.3 Å². The zero-order valence-electron chi connectivity index (χ0n) is 22.2. The number of unbranched alkanes of at least 4 members (excludes halogenated alkanes) is 1. The highest BCUT2D eigenvalue weighted by atomic mass is 19.4. The number of carboxylic acid groups (broad SMARTS) is 1. The first-order valence-corrected chi connectivity index (χ1v) is 12.5. The van der Waals surface area contributed by atoms with Gasteiger partial charge in [-0.25, -0.2) is 14.5 Å². The summed E-state index contributed by atoms with van der Waals surface area (Å²) in [5.74, 6) is -2.39. The molecule has 214 valence electrons. The van der Waals surface area contributed by atoms with E-state index in [4.69, 9.17) is 4.74 Å². The van der Waals surface area contributed by atoms with Gasteiger partial charge in [0.2, 0.25) is 0 Å². The van der Waals surface area contributed by atoms with Crippen LogP contribution in [0.2, 0.25) is 0 Å². The standard InChI is InChI=1S/C28H30F3N3O6/c1-4-5-6-24-32-15-23(34(24)33-14-17(2)35)25(26(36)37)18-8-11-21(12-9-18)40-16-19-7-10-20(28(29,30)31)13-22(19)27(38)39-3/h7-13,15,25,33H,4-6,14,16H2,1-3H3,(H,36,37).